The molecule has 0 aliphatic heterocycles. The van der Waals surface area contributed by atoms with Gasteiger partial charge < -0.3 is 0 Å². The van der Waals surface area contributed by atoms with Crippen LogP contribution >= 0.6 is 0 Å². The molecule has 1 atom stereocenters. The third kappa shape index (κ3) is 4.07. The van der Waals surface area contributed by atoms with E-state index in [2.05, 4.69) is 25.5 Å². The predicted octanol–water partition coefficient (Wildman–Crippen LogP) is 2.79. The first-order valence-electron chi connectivity index (χ1n) is 5.88. The highest BCUT2D eigenvalue weighted by Crippen LogP contribution is 2.24. The monoisotopic (exact) mass is 273 g/mol. The first-order chi connectivity index (χ1) is 8.13. The molecular weight excluding hydrogens is 253 g/mol. The fourth-order valence-electron chi connectivity index (χ4n) is 1.24. The second kappa shape index (κ2) is 5.36. The van der Waals surface area contributed by atoms with Gasteiger partial charge in [-0.3, -0.25) is 0 Å². The van der Waals surface area contributed by atoms with Gasteiger partial charge in [-0.25, -0.2) is 17.5 Å². The smallest absolute Gasteiger partial charge is 0.211 e. The van der Waals surface area contributed by atoms with Gasteiger partial charge in [-0.2, -0.15) is 0 Å². The van der Waals surface area contributed by atoms with Crippen LogP contribution in [-0.4, -0.2) is 15.0 Å². The number of nitrogens with one attached hydrogen (secondary N) is 1. The molecule has 0 amide bonds. The number of halogens is 1. The van der Waals surface area contributed by atoms with E-state index in [1.54, 1.807) is 0 Å². The lowest BCUT2D eigenvalue weighted by Gasteiger charge is -2.27. The van der Waals surface area contributed by atoms with Crippen molar-refractivity contribution in [3.63, 3.8) is 0 Å². The van der Waals surface area contributed by atoms with E-state index in [0.717, 1.165) is 12.1 Å². The summed E-state index contributed by atoms with van der Waals surface area (Å²) >= 11 is 0. The van der Waals surface area contributed by atoms with Crippen LogP contribution in [0.5, 0.6) is 0 Å². The van der Waals surface area contributed by atoms with Crippen molar-refractivity contribution >= 4 is 10.0 Å². The molecule has 0 aliphatic rings. The van der Waals surface area contributed by atoms with Crippen molar-refractivity contribution in [1.82, 2.24) is 4.72 Å². The van der Waals surface area contributed by atoms with E-state index in [4.69, 9.17) is 0 Å². The van der Waals surface area contributed by atoms with Crippen molar-refractivity contribution in [2.75, 3.05) is 6.54 Å². The van der Waals surface area contributed by atoms with Gasteiger partial charge >= 0.3 is 0 Å². The maximum Gasteiger partial charge on any atom is 0.240 e. The molecule has 1 aromatic carbocycles. The average Bonchev–Trinajstić information content (AvgIpc) is 2.25. The van der Waals surface area contributed by atoms with Gasteiger partial charge in [-0.05, 0) is 35.6 Å². The van der Waals surface area contributed by atoms with Gasteiger partial charge in [0.05, 0.1) is 4.90 Å². The Morgan fingerprint density at radius 3 is 2.17 bits per heavy atom. The van der Waals surface area contributed by atoms with Crippen LogP contribution in [0.25, 0.3) is 0 Å². The Bertz CT molecular complexity index is 489. The third-order valence-corrected chi connectivity index (χ3v) is 4.62. The number of hydrogen-bond donors (Lipinski definition) is 1. The number of hydrogen-bond acceptors (Lipinski definition) is 2. The normalized spacial score (nSPS) is 14.5. The Labute approximate surface area is 108 Å². The first kappa shape index (κ1) is 15.1. The molecule has 1 aromatic rings. The van der Waals surface area contributed by atoms with Gasteiger partial charge in [0.2, 0.25) is 10.0 Å². The van der Waals surface area contributed by atoms with Crippen molar-refractivity contribution in [2.24, 2.45) is 11.3 Å². The molecule has 0 heterocycles. The summed E-state index contributed by atoms with van der Waals surface area (Å²) in [6.07, 6.45) is 0. The first-order valence-corrected chi connectivity index (χ1v) is 7.36. The van der Waals surface area contributed by atoms with Crippen LogP contribution < -0.4 is 4.72 Å². The van der Waals surface area contributed by atoms with Gasteiger partial charge in [0, 0.05) is 6.54 Å². The molecule has 1 unspecified atom stereocenters. The van der Waals surface area contributed by atoms with Crippen molar-refractivity contribution in [1.29, 1.82) is 0 Å². The van der Waals surface area contributed by atoms with Crippen LogP contribution in [0, 0.1) is 17.2 Å². The van der Waals surface area contributed by atoms with Crippen LogP contribution in [0.1, 0.15) is 27.7 Å². The summed E-state index contributed by atoms with van der Waals surface area (Å²) in [6.45, 7) is 8.54. The Morgan fingerprint density at radius 1 is 1.22 bits per heavy atom. The molecule has 5 heteroatoms. The van der Waals surface area contributed by atoms with Crippen LogP contribution in [-0.2, 0) is 10.0 Å². The van der Waals surface area contributed by atoms with E-state index in [9.17, 15) is 12.8 Å². The van der Waals surface area contributed by atoms with Crippen LogP contribution in [0.2, 0.25) is 0 Å². The third-order valence-electron chi connectivity index (χ3n) is 3.18. The summed E-state index contributed by atoms with van der Waals surface area (Å²) in [5.74, 6) is -0.246. The number of rotatable bonds is 4. The second-order valence-corrected chi connectivity index (χ2v) is 7.34. The van der Waals surface area contributed by atoms with Crippen LogP contribution in [0.3, 0.4) is 0 Å². The highest BCUT2D eigenvalue weighted by molar-refractivity contribution is 7.89. The number of sulfonamides is 1. The average molecular weight is 273 g/mol. The summed E-state index contributed by atoms with van der Waals surface area (Å²) in [4.78, 5) is 0.0880. The lowest BCUT2D eigenvalue weighted by molar-refractivity contribution is 0.263. The Morgan fingerprint density at radius 2 is 1.72 bits per heavy atom. The maximum atomic E-state index is 12.7. The SMILES string of the molecule is CC(CNS(=O)(=O)c1ccc(F)cc1)C(C)(C)C. The van der Waals surface area contributed by atoms with Gasteiger partial charge in [0.1, 0.15) is 5.82 Å². The molecule has 0 aliphatic carbocycles. The van der Waals surface area contributed by atoms with E-state index in [1.165, 1.54) is 12.1 Å². The predicted molar refractivity (Wildman–Crippen MR) is 70.2 cm³/mol. The van der Waals surface area contributed by atoms with E-state index < -0.39 is 15.8 Å². The topological polar surface area (TPSA) is 46.2 Å². The summed E-state index contributed by atoms with van der Waals surface area (Å²) in [5.41, 5.74) is 0.0331. The zero-order valence-electron chi connectivity index (χ0n) is 11.2. The fraction of sp³-hybridized carbons (Fsp3) is 0.538. The summed E-state index contributed by atoms with van der Waals surface area (Å²) in [7, 11) is -3.55. The Kier molecular flexibility index (Phi) is 4.50. The van der Waals surface area contributed by atoms with Gasteiger partial charge in [0.15, 0.2) is 0 Å². The molecule has 1 rings (SSSR count). The molecule has 0 aromatic heterocycles. The zero-order valence-corrected chi connectivity index (χ0v) is 12.0. The fourth-order valence-corrected chi connectivity index (χ4v) is 2.37. The quantitative estimate of drug-likeness (QED) is 0.917. The molecule has 3 nitrogen and oxygen atoms in total. The highest BCUT2D eigenvalue weighted by Gasteiger charge is 2.22. The largest absolute Gasteiger partial charge is 0.240 e. The van der Waals surface area contributed by atoms with Crippen molar-refractivity contribution in [2.45, 2.75) is 32.6 Å². The highest BCUT2D eigenvalue weighted by atomic mass is 32.2. The lowest BCUT2D eigenvalue weighted by Crippen LogP contribution is -2.33. The van der Waals surface area contributed by atoms with Gasteiger partial charge in [0.25, 0.3) is 0 Å². The van der Waals surface area contributed by atoms with E-state index in [1.807, 2.05) is 6.92 Å². The van der Waals surface area contributed by atoms with Gasteiger partial charge in [-0.15, -0.1) is 0 Å². The van der Waals surface area contributed by atoms with Crippen molar-refractivity contribution < 1.29 is 12.8 Å². The van der Waals surface area contributed by atoms with Crippen molar-refractivity contribution in [3.8, 4) is 0 Å². The lowest BCUT2D eigenvalue weighted by atomic mass is 9.82. The Hall–Kier alpha value is -0.940. The molecule has 0 spiro atoms. The maximum absolute atomic E-state index is 12.7. The molecule has 0 saturated heterocycles. The molecule has 0 radical (unpaired) electrons. The van der Waals surface area contributed by atoms with Crippen LogP contribution in [0.15, 0.2) is 29.2 Å². The Balaban J connectivity index is 2.75. The zero-order chi connectivity index (χ0) is 14.0. The molecule has 18 heavy (non-hydrogen) atoms. The molecule has 102 valence electrons. The van der Waals surface area contributed by atoms with E-state index in [-0.39, 0.29) is 16.2 Å². The van der Waals surface area contributed by atoms with Crippen molar-refractivity contribution in [3.05, 3.63) is 30.1 Å². The van der Waals surface area contributed by atoms with E-state index in [0.29, 0.717) is 6.54 Å². The second-order valence-electron chi connectivity index (χ2n) is 5.57. The molecule has 1 N–H and O–H groups in total. The molecule has 0 bridgehead atoms. The van der Waals surface area contributed by atoms with E-state index >= 15 is 0 Å². The molecule has 0 saturated carbocycles. The van der Waals surface area contributed by atoms with Gasteiger partial charge in [-0.1, -0.05) is 27.7 Å². The summed E-state index contributed by atoms with van der Waals surface area (Å²) in [6, 6.07) is 4.81. The minimum absolute atomic E-state index is 0.0331. The minimum atomic E-state index is -3.55. The minimum Gasteiger partial charge on any atom is -0.211 e. The summed E-state index contributed by atoms with van der Waals surface area (Å²) in [5, 5.41) is 0. The number of benzene rings is 1. The molecular formula is C13H20FNO2S. The molecule has 0 fully saturated rings. The summed E-state index contributed by atoms with van der Waals surface area (Å²) < 4.78 is 39.2. The van der Waals surface area contributed by atoms with Crippen LogP contribution in [0.4, 0.5) is 4.39 Å². The standard InChI is InChI=1S/C13H20FNO2S/c1-10(13(2,3)4)9-15-18(16,17)12-7-5-11(14)6-8-12/h5-8,10,15H,9H2,1-4H3.